The fourth-order valence-corrected chi connectivity index (χ4v) is 3.05. The molecule has 122 valence electrons. The summed E-state index contributed by atoms with van der Waals surface area (Å²) in [6.45, 7) is 0.201. The van der Waals surface area contributed by atoms with Gasteiger partial charge in [-0.25, -0.2) is 4.39 Å². The third kappa shape index (κ3) is 4.51. The minimum absolute atomic E-state index is 0.0146. The monoisotopic (exact) mass is 355 g/mol. The van der Waals surface area contributed by atoms with Crippen molar-refractivity contribution in [1.29, 1.82) is 0 Å². The van der Waals surface area contributed by atoms with Crippen molar-refractivity contribution in [1.82, 2.24) is 4.90 Å². The molecule has 1 aromatic carbocycles. The summed E-state index contributed by atoms with van der Waals surface area (Å²) in [5.74, 6) is -1.35. The van der Waals surface area contributed by atoms with Gasteiger partial charge in [-0.1, -0.05) is 17.7 Å². The molecule has 3 N–H and O–H groups in total. The number of amides is 2. The fourth-order valence-electron chi connectivity index (χ4n) is 2.02. The van der Waals surface area contributed by atoms with Crippen LogP contribution in [0, 0.1) is 5.82 Å². The Morgan fingerprint density at radius 3 is 2.78 bits per heavy atom. The number of rotatable bonds is 6. The van der Waals surface area contributed by atoms with E-state index in [0.29, 0.717) is 15.6 Å². The van der Waals surface area contributed by atoms with Crippen molar-refractivity contribution in [2.24, 2.45) is 5.73 Å². The molecule has 0 fully saturated rings. The fraction of sp³-hybridized carbons (Fsp3) is 0.200. The summed E-state index contributed by atoms with van der Waals surface area (Å²) in [6, 6.07) is 5.99. The van der Waals surface area contributed by atoms with Crippen LogP contribution in [0.5, 0.6) is 0 Å². The predicted octanol–water partition coefficient (Wildman–Crippen LogP) is 2.71. The molecular formula is C15H15ClFN3O2S. The van der Waals surface area contributed by atoms with Gasteiger partial charge in [-0.2, -0.15) is 0 Å². The van der Waals surface area contributed by atoms with Crippen molar-refractivity contribution in [3.8, 4) is 0 Å². The number of hydrogen-bond acceptors (Lipinski definition) is 4. The molecule has 8 heteroatoms. The number of carbonyl (C=O) groups is 2. The molecule has 0 unspecified atom stereocenters. The highest BCUT2D eigenvalue weighted by molar-refractivity contribution is 7.14. The van der Waals surface area contributed by atoms with E-state index in [-0.39, 0.29) is 24.6 Å². The summed E-state index contributed by atoms with van der Waals surface area (Å²) in [4.78, 5) is 24.9. The molecule has 2 amide bonds. The molecular weight excluding hydrogens is 341 g/mol. The van der Waals surface area contributed by atoms with Gasteiger partial charge in [0.05, 0.1) is 12.1 Å². The van der Waals surface area contributed by atoms with Crippen LogP contribution in [0.1, 0.15) is 15.9 Å². The maximum absolute atomic E-state index is 13.7. The molecule has 0 atom stereocenters. The van der Waals surface area contributed by atoms with E-state index in [0.717, 1.165) is 0 Å². The van der Waals surface area contributed by atoms with Crippen molar-refractivity contribution in [3.63, 3.8) is 0 Å². The third-order valence-electron chi connectivity index (χ3n) is 3.09. The van der Waals surface area contributed by atoms with Crippen molar-refractivity contribution < 1.29 is 14.0 Å². The minimum atomic E-state index is -0.604. The number of likely N-dealkylation sites (N-methyl/N-ethyl adjacent to an activating group) is 1. The molecule has 0 radical (unpaired) electrons. The first-order valence-corrected chi connectivity index (χ1v) is 7.93. The number of benzene rings is 1. The number of thiophene rings is 1. The van der Waals surface area contributed by atoms with Crippen LogP contribution in [0.25, 0.3) is 0 Å². The molecule has 0 saturated carbocycles. The van der Waals surface area contributed by atoms with E-state index in [1.165, 1.54) is 23.5 Å². The normalized spacial score (nSPS) is 10.8. The second kappa shape index (κ2) is 7.54. The van der Waals surface area contributed by atoms with Gasteiger partial charge in [0.25, 0.3) is 5.91 Å². The minimum Gasteiger partial charge on any atom is -0.366 e. The van der Waals surface area contributed by atoms with Crippen molar-refractivity contribution in [3.05, 3.63) is 51.6 Å². The van der Waals surface area contributed by atoms with Crippen molar-refractivity contribution >= 4 is 39.8 Å². The third-order valence-corrected chi connectivity index (χ3v) is 4.27. The number of nitrogens with zero attached hydrogens (tertiary/aromatic N) is 1. The average molecular weight is 356 g/mol. The number of hydrogen-bond donors (Lipinski definition) is 2. The van der Waals surface area contributed by atoms with E-state index >= 15 is 0 Å². The Balaban J connectivity index is 1.97. The van der Waals surface area contributed by atoms with E-state index in [1.807, 2.05) is 0 Å². The zero-order chi connectivity index (χ0) is 17.0. The highest BCUT2D eigenvalue weighted by Gasteiger charge is 2.15. The second-order valence-corrected chi connectivity index (χ2v) is 6.27. The van der Waals surface area contributed by atoms with Crippen LogP contribution < -0.4 is 11.1 Å². The van der Waals surface area contributed by atoms with Crippen LogP contribution in [0.15, 0.2) is 29.6 Å². The lowest BCUT2D eigenvalue weighted by molar-refractivity contribution is -0.117. The topological polar surface area (TPSA) is 75.4 Å². The molecule has 0 aliphatic heterocycles. The van der Waals surface area contributed by atoms with Gasteiger partial charge in [-0.05, 0) is 30.6 Å². The largest absolute Gasteiger partial charge is 0.366 e. The SMILES string of the molecule is CN(CC(=O)Nc1sccc1C(N)=O)Cc1c(F)cccc1Cl. The van der Waals surface area contributed by atoms with E-state index in [2.05, 4.69) is 5.32 Å². The Bertz CT molecular complexity index is 715. The molecule has 0 aliphatic carbocycles. The maximum Gasteiger partial charge on any atom is 0.251 e. The molecule has 0 saturated heterocycles. The van der Waals surface area contributed by atoms with Gasteiger partial charge in [0.15, 0.2) is 0 Å². The number of nitrogens with two attached hydrogens (primary N) is 1. The summed E-state index contributed by atoms with van der Waals surface area (Å²) in [5.41, 5.74) is 5.82. The zero-order valence-electron chi connectivity index (χ0n) is 12.3. The van der Waals surface area contributed by atoms with Gasteiger partial charge < -0.3 is 11.1 Å². The molecule has 0 aliphatic rings. The molecule has 2 rings (SSSR count). The quantitative estimate of drug-likeness (QED) is 0.836. The molecule has 0 bridgehead atoms. The van der Waals surface area contributed by atoms with Crippen LogP contribution >= 0.6 is 22.9 Å². The molecule has 1 aromatic heterocycles. The van der Waals surface area contributed by atoms with Gasteiger partial charge in [0, 0.05) is 17.1 Å². The number of halogens is 2. The lowest BCUT2D eigenvalue weighted by atomic mass is 10.2. The standard InChI is InChI=1S/C15H15ClFN3O2S/c1-20(7-10-11(16)3-2-4-12(10)17)8-13(21)19-15-9(14(18)22)5-6-23-15/h2-6H,7-8H2,1H3,(H2,18,22)(H,19,21). The van der Waals surface area contributed by atoms with E-state index in [9.17, 15) is 14.0 Å². The van der Waals surface area contributed by atoms with Crippen LogP contribution in [-0.4, -0.2) is 30.3 Å². The Kier molecular flexibility index (Phi) is 5.70. The summed E-state index contributed by atoms with van der Waals surface area (Å²) >= 11 is 7.17. The lowest BCUT2D eigenvalue weighted by Gasteiger charge is -2.17. The number of carbonyl (C=O) groups excluding carboxylic acids is 2. The summed E-state index contributed by atoms with van der Waals surface area (Å²) in [7, 11) is 1.67. The van der Waals surface area contributed by atoms with Crippen LogP contribution in [0.4, 0.5) is 9.39 Å². The Hall–Kier alpha value is -1.96. The first-order valence-electron chi connectivity index (χ1n) is 6.67. The van der Waals surface area contributed by atoms with Crippen molar-refractivity contribution in [2.75, 3.05) is 18.9 Å². The summed E-state index contributed by atoms with van der Waals surface area (Å²) in [5, 5.41) is 5.01. The molecule has 5 nitrogen and oxygen atoms in total. The average Bonchev–Trinajstić information content (AvgIpc) is 2.91. The second-order valence-electron chi connectivity index (χ2n) is 4.95. The molecule has 1 heterocycles. The lowest BCUT2D eigenvalue weighted by Crippen LogP contribution is -2.30. The Morgan fingerprint density at radius 1 is 1.39 bits per heavy atom. The van der Waals surface area contributed by atoms with Gasteiger partial charge in [0.2, 0.25) is 5.91 Å². The number of primary amides is 1. The Morgan fingerprint density at radius 2 is 2.13 bits per heavy atom. The van der Waals surface area contributed by atoms with Gasteiger partial charge >= 0.3 is 0 Å². The number of nitrogens with one attached hydrogen (secondary N) is 1. The maximum atomic E-state index is 13.7. The van der Waals surface area contributed by atoms with Crippen LogP contribution in [-0.2, 0) is 11.3 Å². The first-order chi connectivity index (χ1) is 10.9. The highest BCUT2D eigenvalue weighted by Crippen LogP contribution is 2.23. The molecule has 0 spiro atoms. The number of anilines is 1. The summed E-state index contributed by atoms with van der Waals surface area (Å²) < 4.78 is 13.7. The van der Waals surface area contributed by atoms with Gasteiger partial charge in [-0.15, -0.1) is 11.3 Å². The molecule has 2 aromatic rings. The Labute approximate surface area is 141 Å². The molecule has 23 heavy (non-hydrogen) atoms. The van der Waals surface area contributed by atoms with E-state index in [4.69, 9.17) is 17.3 Å². The van der Waals surface area contributed by atoms with Gasteiger partial charge in [0.1, 0.15) is 10.8 Å². The van der Waals surface area contributed by atoms with Crippen molar-refractivity contribution in [2.45, 2.75) is 6.54 Å². The van der Waals surface area contributed by atoms with E-state index < -0.39 is 11.7 Å². The highest BCUT2D eigenvalue weighted by atomic mass is 35.5. The van der Waals surface area contributed by atoms with Crippen LogP contribution in [0.3, 0.4) is 0 Å². The van der Waals surface area contributed by atoms with Crippen LogP contribution in [0.2, 0.25) is 5.02 Å². The van der Waals surface area contributed by atoms with E-state index in [1.54, 1.807) is 29.5 Å². The summed E-state index contributed by atoms with van der Waals surface area (Å²) in [6.07, 6.45) is 0. The predicted molar refractivity (Wildman–Crippen MR) is 89.2 cm³/mol. The first kappa shape index (κ1) is 17.4. The zero-order valence-corrected chi connectivity index (χ0v) is 13.9. The smallest absolute Gasteiger partial charge is 0.251 e. The van der Waals surface area contributed by atoms with Gasteiger partial charge in [-0.3, -0.25) is 14.5 Å².